The van der Waals surface area contributed by atoms with Crippen LogP contribution in [0.5, 0.6) is 5.75 Å². The van der Waals surface area contributed by atoms with E-state index < -0.39 is 5.82 Å². The molecule has 0 unspecified atom stereocenters. The quantitative estimate of drug-likeness (QED) is 0.356. The van der Waals surface area contributed by atoms with Crippen molar-refractivity contribution >= 4 is 28.2 Å². The SMILES string of the molecule is Cc1c(-c2cc3cccc(OC[C@H]4CCC(=O)N4)c3n2CC2CC2)nn2cc(C(=O)N3CCC[C@@H](N)C3)cc(F)c12. The number of amides is 2. The van der Waals surface area contributed by atoms with Crippen molar-refractivity contribution in [2.45, 2.75) is 64.1 Å². The number of nitrogens with two attached hydrogens (primary N) is 1. The van der Waals surface area contributed by atoms with Crippen molar-refractivity contribution in [3.63, 3.8) is 0 Å². The predicted octanol–water partition coefficient (Wildman–Crippen LogP) is 4.03. The fourth-order valence-corrected chi connectivity index (χ4v) is 6.35. The lowest BCUT2D eigenvalue weighted by atomic mass is 10.1. The monoisotopic (exact) mass is 558 g/mol. The Morgan fingerprint density at radius 2 is 2.05 bits per heavy atom. The van der Waals surface area contributed by atoms with Gasteiger partial charge in [-0.3, -0.25) is 9.59 Å². The van der Waals surface area contributed by atoms with Crippen molar-refractivity contribution in [3.8, 4) is 17.1 Å². The van der Waals surface area contributed by atoms with Gasteiger partial charge in [-0.15, -0.1) is 0 Å². The minimum absolute atomic E-state index is 0.00492. The van der Waals surface area contributed by atoms with Crippen molar-refractivity contribution < 1.29 is 18.7 Å². The van der Waals surface area contributed by atoms with Crippen molar-refractivity contribution in [1.82, 2.24) is 24.4 Å². The fourth-order valence-electron chi connectivity index (χ4n) is 6.35. The fraction of sp³-hybridized carbons (Fsp3) is 0.452. The average Bonchev–Trinajstić information content (AvgIpc) is 3.41. The summed E-state index contributed by atoms with van der Waals surface area (Å²) in [5.41, 5.74) is 10.00. The molecule has 3 N–H and O–H groups in total. The Morgan fingerprint density at radius 3 is 2.80 bits per heavy atom. The number of rotatable bonds is 7. The van der Waals surface area contributed by atoms with Crippen LogP contribution >= 0.6 is 0 Å². The minimum atomic E-state index is -0.471. The zero-order valence-electron chi connectivity index (χ0n) is 23.2. The van der Waals surface area contributed by atoms with E-state index in [1.165, 1.54) is 23.4 Å². The third kappa shape index (κ3) is 4.84. The van der Waals surface area contributed by atoms with E-state index in [2.05, 4.69) is 22.0 Å². The largest absolute Gasteiger partial charge is 0.489 e. The van der Waals surface area contributed by atoms with Gasteiger partial charge < -0.3 is 25.3 Å². The first-order valence-electron chi connectivity index (χ1n) is 14.6. The molecule has 2 atom stereocenters. The number of hydrogen-bond acceptors (Lipinski definition) is 5. The molecule has 214 valence electrons. The lowest BCUT2D eigenvalue weighted by molar-refractivity contribution is -0.119. The highest BCUT2D eigenvalue weighted by Crippen LogP contribution is 2.40. The number of aryl methyl sites for hydroxylation is 1. The number of benzene rings is 1. The number of piperidine rings is 1. The van der Waals surface area contributed by atoms with Crippen molar-refractivity contribution in [3.05, 3.63) is 53.5 Å². The first-order chi connectivity index (χ1) is 19.9. The molecular weight excluding hydrogens is 523 g/mol. The highest BCUT2D eigenvalue weighted by atomic mass is 19.1. The summed E-state index contributed by atoms with van der Waals surface area (Å²) in [4.78, 5) is 26.6. The van der Waals surface area contributed by atoms with E-state index in [-0.39, 0.29) is 29.5 Å². The molecule has 1 aliphatic carbocycles. The summed E-state index contributed by atoms with van der Waals surface area (Å²) in [5.74, 6) is 0.700. The number of fused-ring (bicyclic) bond motifs is 2. The van der Waals surface area contributed by atoms with Crippen molar-refractivity contribution in [2.24, 2.45) is 11.7 Å². The molecule has 2 aliphatic heterocycles. The highest BCUT2D eigenvalue weighted by molar-refractivity contribution is 5.95. The Bertz CT molecular complexity index is 1670. The molecule has 1 saturated carbocycles. The number of pyridine rings is 1. The van der Waals surface area contributed by atoms with Crippen molar-refractivity contribution in [1.29, 1.82) is 0 Å². The molecule has 0 spiro atoms. The van der Waals surface area contributed by atoms with Gasteiger partial charge in [0.2, 0.25) is 5.91 Å². The first-order valence-corrected chi connectivity index (χ1v) is 14.6. The second kappa shape index (κ2) is 10.2. The Hall–Kier alpha value is -3.92. The standard InChI is InChI=1S/C31H35FN6O3/c1-18-28(35-38-15-21(12-24(32)29(18)38)31(40)36-11-3-5-22(33)16-36)25-13-20-4-2-6-26(30(20)37(25)14-19-7-8-19)41-17-23-9-10-27(39)34-23/h2,4,6,12-13,15,19,22-23H,3,5,7-11,14,16-17,33H2,1H3,(H,34,39)/t22-,23-/m1/s1. The zero-order valence-corrected chi connectivity index (χ0v) is 23.2. The molecule has 5 heterocycles. The first kappa shape index (κ1) is 26.0. The maximum atomic E-state index is 15.6. The molecule has 3 fully saturated rings. The van der Waals surface area contributed by atoms with E-state index >= 15 is 4.39 Å². The van der Waals surface area contributed by atoms with Crippen LogP contribution in [0.1, 0.15) is 54.4 Å². The molecule has 7 rings (SSSR count). The van der Waals surface area contributed by atoms with E-state index in [0.29, 0.717) is 43.2 Å². The number of aromatic nitrogens is 3. The summed E-state index contributed by atoms with van der Waals surface area (Å²) in [6.07, 6.45) is 7.00. The maximum absolute atomic E-state index is 15.6. The number of para-hydroxylation sites is 1. The van der Waals surface area contributed by atoms with Gasteiger partial charge in [-0.25, -0.2) is 8.91 Å². The van der Waals surface area contributed by atoms with Gasteiger partial charge in [0, 0.05) is 49.2 Å². The van der Waals surface area contributed by atoms with Crippen LogP contribution in [0.2, 0.25) is 0 Å². The molecule has 0 bridgehead atoms. The van der Waals surface area contributed by atoms with Crippen LogP contribution in [0.3, 0.4) is 0 Å². The van der Waals surface area contributed by atoms with E-state index in [0.717, 1.165) is 53.7 Å². The van der Waals surface area contributed by atoms with Crippen LogP contribution in [-0.2, 0) is 11.3 Å². The number of nitrogens with one attached hydrogen (secondary N) is 1. The molecule has 3 aliphatic rings. The summed E-state index contributed by atoms with van der Waals surface area (Å²) in [6, 6.07) is 9.35. The number of nitrogens with zero attached hydrogens (tertiary/aromatic N) is 4. The summed E-state index contributed by atoms with van der Waals surface area (Å²) < 4.78 is 25.6. The Morgan fingerprint density at radius 1 is 1.20 bits per heavy atom. The summed E-state index contributed by atoms with van der Waals surface area (Å²) in [7, 11) is 0. The predicted molar refractivity (Wildman–Crippen MR) is 153 cm³/mol. The molecule has 1 aromatic carbocycles. The minimum Gasteiger partial charge on any atom is -0.489 e. The van der Waals surface area contributed by atoms with Gasteiger partial charge in [0.25, 0.3) is 5.91 Å². The Balaban J connectivity index is 1.28. The topological polar surface area (TPSA) is 107 Å². The molecule has 10 heteroatoms. The molecule has 0 radical (unpaired) electrons. The van der Waals surface area contributed by atoms with Crippen LogP contribution in [0.15, 0.2) is 36.5 Å². The Kier molecular flexibility index (Phi) is 6.45. The summed E-state index contributed by atoms with van der Waals surface area (Å²) in [5, 5.41) is 8.84. The average molecular weight is 559 g/mol. The number of ether oxygens (including phenoxy) is 1. The highest BCUT2D eigenvalue weighted by Gasteiger charge is 2.29. The Labute approximate surface area is 237 Å². The van der Waals surface area contributed by atoms with E-state index in [1.807, 2.05) is 19.1 Å². The number of halogens is 1. The lowest BCUT2D eigenvalue weighted by Crippen LogP contribution is -2.45. The molecule has 9 nitrogen and oxygen atoms in total. The number of carbonyl (C=O) groups is 2. The number of hydrogen-bond donors (Lipinski definition) is 2. The van der Waals surface area contributed by atoms with E-state index in [4.69, 9.17) is 15.6 Å². The second-order valence-electron chi connectivity index (χ2n) is 11.9. The van der Waals surface area contributed by atoms with Crippen LogP contribution in [0.25, 0.3) is 27.8 Å². The van der Waals surface area contributed by atoms with Gasteiger partial charge >= 0.3 is 0 Å². The summed E-state index contributed by atoms with van der Waals surface area (Å²) >= 11 is 0. The van der Waals surface area contributed by atoms with Gasteiger partial charge in [-0.2, -0.15) is 5.10 Å². The molecule has 3 aromatic heterocycles. The van der Waals surface area contributed by atoms with Gasteiger partial charge in [-0.05, 0) is 63.1 Å². The third-order valence-corrected chi connectivity index (χ3v) is 8.70. The molecular formula is C31H35FN6O3. The van der Waals surface area contributed by atoms with Gasteiger partial charge in [0.15, 0.2) is 0 Å². The van der Waals surface area contributed by atoms with Gasteiger partial charge in [0.1, 0.15) is 29.4 Å². The van der Waals surface area contributed by atoms with Crippen LogP contribution < -0.4 is 15.8 Å². The second-order valence-corrected chi connectivity index (χ2v) is 11.9. The number of carbonyl (C=O) groups excluding carboxylic acids is 2. The molecule has 41 heavy (non-hydrogen) atoms. The van der Waals surface area contributed by atoms with Crippen molar-refractivity contribution in [2.75, 3.05) is 19.7 Å². The summed E-state index contributed by atoms with van der Waals surface area (Å²) in [6.45, 7) is 4.19. The smallest absolute Gasteiger partial charge is 0.255 e. The van der Waals surface area contributed by atoms with Gasteiger partial charge in [0.05, 0.1) is 22.8 Å². The molecule has 2 saturated heterocycles. The number of likely N-dealkylation sites (tertiary alicyclic amines) is 1. The van der Waals surface area contributed by atoms with Crippen LogP contribution in [0, 0.1) is 18.7 Å². The van der Waals surface area contributed by atoms with E-state index in [9.17, 15) is 9.59 Å². The third-order valence-electron chi connectivity index (χ3n) is 8.70. The molecule has 4 aromatic rings. The van der Waals surface area contributed by atoms with Gasteiger partial charge in [-0.1, -0.05) is 12.1 Å². The van der Waals surface area contributed by atoms with E-state index in [1.54, 1.807) is 11.1 Å². The molecule has 2 amide bonds. The normalized spacial score (nSPS) is 21.1. The maximum Gasteiger partial charge on any atom is 0.255 e. The van der Waals surface area contributed by atoms with Crippen LogP contribution in [-0.4, -0.2) is 62.7 Å². The lowest BCUT2D eigenvalue weighted by Gasteiger charge is -2.30. The zero-order chi connectivity index (χ0) is 28.2. The van der Waals surface area contributed by atoms with Crippen LogP contribution in [0.4, 0.5) is 4.39 Å².